The zero-order valence-corrected chi connectivity index (χ0v) is 20.5. The van der Waals surface area contributed by atoms with Gasteiger partial charge in [-0.05, 0) is 65.1 Å². The lowest BCUT2D eigenvalue weighted by atomic mass is 9.79. The van der Waals surface area contributed by atoms with Gasteiger partial charge in [-0.3, -0.25) is 4.55 Å². The molecule has 4 aromatic carbocycles. The van der Waals surface area contributed by atoms with Crippen molar-refractivity contribution in [2.45, 2.75) is 42.9 Å². The zero-order valence-electron chi connectivity index (χ0n) is 19.7. The molecule has 0 aliphatic rings. The molecule has 2 atom stereocenters. The van der Waals surface area contributed by atoms with Gasteiger partial charge in [0, 0.05) is 5.92 Å². The van der Waals surface area contributed by atoms with E-state index in [4.69, 9.17) is 0 Å². The first-order chi connectivity index (χ1) is 16.8. The molecule has 4 rings (SSSR count). The first-order valence-corrected chi connectivity index (χ1v) is 13.2. The summed E-state index contributed by atoms with van der Waals surface area (Å²) in [4.78, 5) is -0.456. The number of aromatic hydroxyl groups is 1. The van der Waals surface area contributed by atoms with E-state index in [0.717, 1.165) is 12.0 Å². The fourth-order valence-electron chi connectivity index (χ4n) is 4.70. The van der Waals surface area contributed by atoms with Gasteiger partial charge in [-0.25, -0.2) is 0 Å². The topological polar surface area (TPSA) is 74.6 Å². The maximum Gasteiger partial charge on any atom is 0.298 e. The highest BCUT2D eigenvalue weighted by atomic mass is 32.2. The molecule has 0 aromatic heterocycles. The van der Waals surface area contributed by atoms with E-state index in [1.807, 2.05) is 18.2 Å². The summed E-state index contributed by atoms with van der Waals surface area (Å²) in [5.74, 6) is 0.121. The molecule has 180 valence electrons. The molecule has 0 amide bonds. The van der Waals surface area contributed by atoms with Crippen LogP contribution < -0.4 is 0 Å². The third kappa shape index (κ3) is 6.18. The summed E-state index contributed by atoms with van der Waals surface area (Å²) in [6.07, 6.45) is 2.24. The van der Waals surface area contributed by atoms with Gasteiger partial charge in [-0.15, -0.1) is 0 Å². The monoisotopic (exact) mass is 486 g/mol. The second kappa shape index (κ2) is 10.9. The van der Waals surface area contributed by atoms with Crippen LogP contribution in [0.25, 0.3) is 0 Å². The number of rotatable bonds is 9. The Balaban J connectivity index is 1.64. The van der Waals surface area contributed by atoms with Crippen molar-refractivity contribution in [2.24, 2.45) is 0 Å². The number of hydrogen-bond donors (Lipinski definition) is 2. The molecule has 4 aromatic rings. The first-order valence-electron chi connectivity index (χ1n) is 11.8. The molecule has 2 unspecified atom stereocenters. The Kier molecular flexibility index (Phi) is 7.69. The van der Waals surface area contributed by atoms with E-state index in [1.54, 1.807) is 6.07 Å². The normalized spacial score (nSPS) is 13.3. The minimum Gasteiger partial charge on any atom is -0.506 e. The molecule has 0 saturated heterocycles. The summed E-state index contributed by atoms with van der Waals surface area (Å²) < 4.78 is 32.6. The number of phenolic OH excluding ortho intramolecular Hbond substituents is 1. The van der Waals surface area contributed by atoms with Crippen molar-refractivity contribution < 1.29 is 18.1 Å². The highest BCUT2D eigenvalue weighted by molar-refractivity contribution is 7.86. The Labute approximate surface area is 207 Å². The van der Waals surface area contributed by atoms with Gasteiger partial charge in [0.2, 0.25) is 0 Å². The zero-order chi connectivity index (χ0) is 24.8. The lowest BCUT2D eigenvalue weighted by molar-refractivity contribution is 0.443. The van der Waals surface area contributed by atoms with Crippen LogP contribution in [-0.4, -0.2) is 18.1 Å². The van der Waals surface area contributed by atoms with Crippen molar-refractivity contribution >= 4 is 10.1 Å². The van der Waals surface area contributed by atoms with Gasteiger partial charge in [0.25, 0.3) is 10.1 Å². The second-order valence-corrected chi connectivity index (χ2v) is 10.4. The summed E-state index contributed by atoms with van der Waals surface area (Å²) in [6, 6.07) is 33.9. The molecular formula is C30H30O4S. The van der Waals surface area contributed by atoms with E-state index in [1.165, 1.54) is 34.4 Å². The van der Waals surface area contributed by atoms with Crippen molar-refractivity contribution in [1.82, 2.24) is 0 Å². The Morgan fingerprint density at radius 1 is 0.743 bits per heavy atom. The van der Waals surface area contributed by atoms with Gasteiger partial charge in [-0.2, -0.15) is 8.42 Å². The van der Waals surface area contributed by atoms with Gasteiger partial charge >= 0.3 is 0 Å². The van der Waals surface area contributed by atoms with Crippen LogP contribution >= 0.6 is 0 Å². The molecular weight excluding hydrogens is 456 g/mol. The molecule has 0 fully saturated rings. The highest BCUT2D eigenvalue weighted by Gasteiger charge is 2.21. The van der Waals surface area contributed by atoms with Crippen molar-refractivity contribution in [3.05, 3.63) is 131 Å². The molecule has 4 nitrogen and oxygen atoms in total. The predicted molar refractivity (Wildman–Crippen MR) is 140 cm³/mol. The molecule has 0 aliphatic heterocycles. The van der Waals surface area contributed by atoms with E-state index in [0.29, 0.717) is 18.8 Å². The second-order valence-electron chi connectivity index (χ2n) is 8.99. The molecule has 0 heterocycles. The fourth-order valence-corrected chi connectivity index (χ4v) is 5.33. The summed E-state index contributed by atoms with van der Waals surface area (Å²) in [5.41, 5.74) is 5.77. The van der Waals surface area contributed by atoms with E-state index in [-0.39, 0.29) is 5.92 Å². The maximum absolute atomic E-state index is 11.6. The van der Waals surface area contributed by atoms with E-state index < -0.39 is 20.8 Å². The van der Waals surface area contributed by atoms with Gasteiger partial charge in [-0.1, -0.05) is 97.9 Å². The minimum atomic E-state index is -4.49. The molecule has 0 bridgehead atoms. The van der Waals surface area contributed by atoms with Crippen LogP contribution in [0.5, 0.6) is 5.75 Å². The van der Waals surface area contributed by atoms with Crippen LogP contribution in [0.3, 0.4) is 0 Å². The highest BCUT2D eigenvalue weighted by Crippen LogP contribution is 2.37. The summed E-state index contributed by atoms with van der Waals surface area (Å²) in [7, 11) is -4.49. The van der Waals surface area contributed by atoms with Crippen LogP contribution in [0.2, 0.25) is 0 Å². The summed E-state index contributed by atoms with van der Waals surface area (Å²) in [6.45, 7) is 2.27. The number of hydrogen-bond acceptors (Lipinski definition) is 3. The first kappa shape index (κ1) is 24.7. The smallest absolute Gasteiger partial charge is 0.298 e. The van der Waals surface area contributed by atoms with Gasteiger partial charge in [0.05, 0.1) is 0 Å². The Hall–Kier alpha value is -3.41. The van der Waals surface area contributed by atoms with E-state index in [2.05, 4.69) is 73.7 Å². The fraction of sp³-hybridized carbons (Fsp3) is 0.200. The van der Waals surface area contributed by atoms with Gasteiger partial charge in [0.15, 0.2) is 0 Å². The number of phenols is 1. The standard InChI is InChI=1S/C30H30O4S/c1-22(24-10-4-2-5-11-24)20-28(25-12-6-3-7-13-25)27-15-9-8-14-26(27)18-16-23-17-19-29(31)30(21-23)35(32,33)34/h2-15,17,19,21-22,28,31H,16,18,20H2,1H3,(H,32,33,34). The van der Waals surface area contributed by atoms with Crippen LogP contribution in [0.1, 0.15) is 53.0 Å². The molecule has 0 aliphatic carbocycles. The Morgan fingerprint density at radius 3 is 2.00 bits per heavy atom. The predicted octanol–water partition coefficient (Wildman–Crippen LogP) is 6.75. The molecule has 35 heavy (non-hydrogen) atoms. The third-order valence-electron chi connectivity index (χ3n) is 6.58. The molecule has 0 saturated carbocycles. The van der Waals surface area contributed by atoms with Crippen molar-refractivity contribution in [2.75, 3.05) is 0 Å². The Morgan fingerprint density at radius 2 is 1.34 bits per heavy atom. The quantitative estimate of drug-likeness (QED) is 0.257. The maximum atomic E-state index is 11.6. The molecule has 0 spiro atoms. The number of benzene rings is 4. The third-order valence-corrected chi connectivity index (χ3v) is 7.46. The van der Waals surface area contributed by atoms with Gasteiger partial charge in [0.1, 0.15) is 10.6 Å². The van der Waals surface area contributed by atoms with Crippen molar-refractivity contribution in [3.8, 4) is 5.75 Å². The largest absolute Gasteiger partial charge is 0.506 e. The SMILES string of the molecule is CC(CC(c1ccccc1)c1ccccc1CCc1ccc(O)c(S(=O)(=O)O)c1)c1ccccc1. The Bertz CT molecular complexity index is 1370. The van der Waals surface area contributed by atoms with Crippen LogP contribution in [0.15, 0.2) is 108 Å². The summed E-state index contributed by atoms with van der Waals surface area (Å²) in [5, 5.41) is 9.84. The van der Waals surface area contributed by atoms with Crippen LogP contribution in [0.4, 0.5) is 0 Å². The minimum absolute atomic E-state index is 0.204. The van der Waals surface area contributed by atoms with Crippen LogP contribution in [0, 0.1) is 0 Å². The average molecular weight is 487 g/mol. The number of aryl methyl sites for hydroxylation is 2. The van der Waals surface area contributed by atoms with E-state index in [9.17, 15) is 18.1 Å². The van der Waals surface area contributed by atoms with Crippen molar-refractivity contribution in [1.29, 1.82) is 0 Å². The van der Waals surface area contributed by atoms with Crippen LogP contribution in [-0.2, 0) is 23.0 Å². The van der Waals surface area contributed by atoms with E-state index >= 15 is 0 Å². The molecule has 5 heteroatoms. The lowest BCUT2D eigenvalue weighted by Gasteiger charge is -2.25. The molecule has 2 N–H and O–H groups in total. The van der Waals surface area contributed by atoms with Gasteiger partial charge < -0.3 is 5.11 Å². The average Bonchev–Trinajstić information content (AvgIpc) is 2.87. The molecule has 0 radical (unpaired) electrons. The van der Waals surface area contributed by atoms with Crippen molar-refractivity contribution in [3.63, 3.8) is 0 Å². The summed E-state index contributed by atoms with van der Waals surface area (Å²) >= 11 is 0. The lowest BCUT2D eigenvalue weighted by Crippen LogP contribution is -2.09.